The van der Waals surface area contributed by atoms with E-state index in [0.29, 0.717) is 5.41 Å². The monoisotopic (exact) mass is 187 g/mol. The quantitative estimate of drug-likeness (QED) is 0.665. The van der Waals surface area contributed by atoms with Crippen LogP contribution in [0.25, 0.3) is 0 Å². The molecule has 0 bridgehead atoms. The number of hydrogen-bond donors (Lipinski definition) is 0. The summed E-state index contributed by atoms with van der Waals surface area (Å²) in [7, 11) is 4.32. The van der Waals surface area contributed by atoms with Crippen molar-refractivity contribution in [2.45, 2.75) is 31.4 Å². The van der Waals surface area contributed by atoms with Gasteiger partial charge in [-0.3, -0.25) is 0 Å². The zero-order chi connectivity index (χ0) is 9.19. The van der Waals surface area contributed by atoms with Crippen molar-refractivity contribution in [3.05, 3.63) is 0 Å². The van der Waals surface area contributed by atoms with E-state index in [1.807, 2.05) is 11.8 Å². The lowest BCUT2D eigenvalue weighted by Crippen LogP contribution is -2.38. The topological polar surface area (TPSA) is 3.24 Å². The lowest BCUT2D eigenvalue weighted by Gasteiger charge is -2.45. The van der Waals surface area contributed by atoms with Gasteiger partial charge in [-0.1, -0.05) is 6.92 Å². The van der Waals surface area contributed by atoms with Crippen molar-refractivity contribution in [1.29, 1.82) is 0 Å². The summed E-state index contributed by atoms with van der Waals surface area (Å²) >= 11 is 2.03. The second-order valence-electron chi connectivity index (χ2n) is 4.63. The van der Waals surface area contributed by atoms with Gasteiger partial charge in [0.1, 0.15) is 0 Å². The molecule has 0 heterocycles. The van der Waals surface area contributed by atoms with Crippen LogP contribution < -0.4 is 0 Å². The summed E-state index contributed by atoms with van der Waals surface area (Å²) in [4.78, 5) is 2.29. The summed E-state index contributed by atoms with van der Waals surface area (Å²) in [6.07, 6.45) is 6.47. The molecule has 0 aromatic heterocycles. The largest absolute Gasteiger partial charge is 0.309 e. The van der Waals surface area contributed by atoms with Crippen LogP contribution in [0.2, 0.25) is 0 Å². The fraction of sp³-hybridized carbons (Fsp3) is 1.00. The average molecular weight is 187 g/mol. The molecule has 0 N–H and O–H groups in total. The molecule has 1 rings (SSSR count). The smallest absolute Gasteiger partial charge is 0.00546 e. The number of hydrogen-bond acceptors (Lipinski definition) is 2. The minimum absolute atomic E-state index is 0.665. The summed E-state index contributed by atoms with van der Waals surface area (Å²) in [5, 5.41) is 0.956. The molecule has 0 unspecified atom stereocenters. The maximum absolute atomic E-state index is 2.43. The first-order chi connectivity index (χ1) is 5.56. The third-order valence-corrected chi connectivity index (χ3v) is 3.94. The van der Waals surface area contributed by atoms with Crippen molar-refractivity contribution in [3.63, 3.8) is 0 Å². The van der Waals surface area contributed by atoms with Crippen LogP contribution in [-0.2, 0) is 0 Å². The molecule has 72 valence electrons. The van der Waals surface area contributed by atoms with E-state index in [1.54, 1.807) is 0 Å². The van der Waals surface area contributed by atoms with Gasteiger partial charge in [-0.25, -0.2) is 0 Å². The Kier molecular flexibility index (Phi) is 3.47. The highest BCUT2D eigenvalue weighted by Gasteiger charge is 2.38. The first-order valence-corrected chi connectivity index (χ1v) is 6.02. The van der Waals surface area contributed by atoms with Crippen LogP contribution in [0.4, 0.5) is 0 Å². The SMILES string of the molecule is CSC1CC(C)(CCN(C)C)C1. The first-order valence-electron chi connectivity index (χ1n) is 4.73. The van der Waals surface area contributed by atoms with Crippen LogP contribution >= 0.6 is 11.8 Å². The Bertz CT molecular complexity index is 139. The molecule has 0 spiro atoms. The van der Waals surface area contributed by atoms with Crippen LogP contribution in [-0.4, -0.2) is 37.0 Å². The van der Waals surface area contributed by atoms with Gasteiger partial charge in [-0.05, 0) is 51.6 Å². The third kappa shape index (κ3) is 2.67. The predicted octanol–water partition coefficient (Wildman–Crippen LogP) is 2.47. The Hall–Kier alpha value is 0.310. The summed E-state index contributed by atoms with van der Waals surface area (Å²) in [6.45, 7) is 3.68. The maximum Gasteiger partial charge on any atom is 0.00546 e. The average Bonchev–Trinajstić information content (AvgIpc) is 1.95. The lowest BCUT2D eigenvalue weighted by molar-refractivity contribution is 0.139. The van der Waals surface area contributed by atoms with E-state index in [1.165, 1.54) is 25.8 Å². The van der Waals surface area contributed by atoms with Gasteiger partial charge < -0.3 is 4.90 Å². The summed E-state index contributed by atoms with van der Waals surface area (Å²) in [6, 6.07) is 0. The second-order valence-corrected chi connectivity index (χ2v) is 5.77. The van der Waals surface area contributed by atoms with Gasteiger partial charge in [0.15, 0.2) is 0 Å². The highest BCUT2D eigenvalue weighted by molar-refractivity contribution is 7.99. The van der Waals surface area contributed by atoms with Crippen LogP contribution in [0, 0.1) is 5.41 Å². The van der Waals surface area contributed by atoms with Gasteiger partial charge >= 0.3 is 0 Å². The Labute approximate surface area is 80.9 Å². The Morgan fingerprint density at radius 2 is 2.00 bits per heavy atom. The molecule has 0 amide bonds. The molecule has 1 nitrogen and oxygen atoms in total. The molecule has 0 saturated heterocycles. The minimum atomic E-state index is 0.665. The summed E-state index contributed by atoms with van der Waals surface area (Å²) in [5.41, 5.74) is 0.665. The molecule has 0 atom stereocenters. The summed E-state index contributed by atoms with van der Waals surface area (Å²) in [5.74, 6) is 0. The van der Waals surface area contributed by atoms with E-state index in [4.69, 9.17) is 0 Å². The number of thioether (sulfide) groups is 1. The van der Waals surface area contributed by atoms with Crippen molar-refractivity contribution in [2.75, 3.05) is 26.9 Å². The first kappa shape index (κ1) is 10.4. The number of rotatable bonds is 4. The van der Waals surface area contributed by atoms with Crippen molar-refractivity contribution in [3.8, 4) is 0 Å². The molecule has 12 heavy (non-hydrogen) atoms. The van der Waals surface area contributed by atoms with Crippen LogP contribution in [0.5, 0.6) is 0 Å². The molecular weight excluding hydrogens is 166 g/mol. The zero-order valence-corrected chi connectivity index (χ0v) is 9.58. The van der Waals surface area contributed by atoms with Gasteiger partial charge in [0.2, 0.25) is 0 Å². The lowest BCUT2D eigenvalue weighted by atomic mass is 9.68. The van der Waals surface area contributed by atoms with E-state index in [0.717, 1.165) is 5.25 Å². The molecule has 0 aromatic rings. The molecule has 1 fully saturated rings. The molecule has 0 aliphatic heterocycles. The van der Waals surface area contributed by atoms with Crippen molar-refractivity contribution < 1.29 is 0 Å². The minimum Gasteiger partial charge on any atom is -0.309 e. The van der Waals surface area contributed by atoms with E-state index < -0.39 is 0 Å². The fourth-order valence-corrected chi connectivity index (χ4v) is 3.04. The van der Waals surface area contributed by atoms with E-state index >= 15 is 0 Å². The van der Waals surface area contributed by atoms with Gasteiger partial charge in [-0.2, -0.15) is 11.8 Å². The van der Waals surface area contributed by atoms with E-state index in [9.17, 15) is 0 Å². The van der Waals surface area contributed by atoms with Gasteiger partial charge in [0.05, 0.1) is 0 Å². The Morgan fingerprint density at radius 1 is 1.42 bits per heavy atom. The molecule has 1 aliphatic carbocycles. The molecular formula is C10H21NS. The van der Waals surface area contributed by atoms with Gasteiger partial charge in [0, 0.05) is 5.25 Å². The molecule has 0 radical (unpaired) electrons. The maximum atomic E-state index is 2.43. The highest BCUT2D eigenvalue weighted by Crippen LogP contribution is 2.48. The van der Waals surface area contributed by atoms with Gasteiger partial charge in [-0.15, -0.1) is 0 Å². The Balaban J connectivity index is 2.16. The fourth-order valence-electron chi connectivity index (χ4n) is 1.90. The normalized spacial score (nSPS) is 35.2. The van der Waals surface area contributed by atoms with Crippen LogP contribution in [0.1, 0.15) is 26.2 Å². The van der Waals surface area contributed by atoms with Crippen molar-refractivity contribution >= 4 is 11.8 Å². The van der Waals surface area contributed by atoms with Crippen LogP contribution in [0.3, 0.4) is 0 Å². The molecule has 2 heteroatoms. The Morgan fingerprint density at radius 3 is 2.42 bits per heavy atom. The zero-order valence-electron chi connectivity index (χ0n) is 8.76. The van der Waals surface area contributed by atoms with E-state index in [2.05, 4.69) is 32.2 Å². The third-order valence-electron chi connectivity index (χ3n) is 2.94. The highest BCUT2D eigenvalue weighted by atomic mass is 32.2. The van der Waals surface area contributed by atoms with Gasteiger partial charge in [0.25, 0.3) is 0 Å². The molecule has 1 saturated carbocycles. The standard InChI is InChI=1S/C10H21NS/c1-10(5-6-11(2)3)7-9(8-10)12-4/h9H,5-8H2,1-4H3. The predicted molar refractivity (Wildman–Crippen MR) is 57.8 cm³/mol. The molecule has 1 aliphatic rings. The number of nitrogens with zero attached hydrogens (tertiary/aromatic N) is 1. The molecule has 0 aromatic carbocycles. The van der Waals surface area contributed by atoms with Crippen molar-refractivity contribution in [2.24, 2.45) is 5.41 Å². The van der Waals surface area contributed by atoms with E-state index in [-0.39, 0.29) is 0 Å². The summed E-state index contributed by atoms with van der Waals surface area (Å²) < 4.78 is 0. The second kappa shape index (κ2) is 4.01. The van der Waals surface area contributed by atoms with Crippen molar-refractivity contribution in [1.82, 2.24) is 4.90 Å². The van der Waals surface area contributed by atoms with Crippen LogP contribution in [0.15, 0.2) is 0 Å².